The van der Waals surface area contributed by atoms with Crippen LogP contribution in [0.4, 0.5) is 0 Å². The Morgan fingerprint density at radius 1 is 1.03 bits per heavy atom. The van der Waals surface area contributed by atoms with Gasteiger partial charge in [-0.3, -0.25) is 9.59 Å². The molecule has 3 aliphatic heterocycles. The lowest BCUT2D eigenvalue weighted by molar-refractivity contribution is -0.130. The Morgan fingerprint density at radius 2 is 1.72 bits per heavy atom. The zero-order valence-corrected chi connectivity index (χ0v) is 24.4. The number of nitrogens with zero attached hydrogens (tertiary/aromatic N) is 2. The van der Waals surface area contributed by atoms with E-state index in [-0.39, 0.29) is 23.5 Å². The van der Waals surface area contributed by atoms with Gasteiger partial charge in [0.2, 0.25) is 5.91 Å². The van der Waals surface area contributed by atoms with Gasteiger partial charge < -0.3 is 24.6 Å². The first-order valence-corrected chi connectivity index (χ1v) is 14.7. The zero-order chi connectivity index (χ0) is 27.6. The molecule has 5 rings (SSSR count). The third kappa shape index (κ3) is 6.59. The highest BCUT2D eigenvalue weighted by Gasteiger charge is 2.40. The van der Waals surface area contributed by atoms with Crippen molar-refractivity contribution in [2.24, 2.45) is 0 Å². The lowest BCUT2D eigenvalue weighted by Gasteiger charge is -2.44. The average Bonchev–Trinajstić information content (AvgIpc) is 2.91. The second-order valence-corrected chi connectivity index (χ2v) is 11.9. The molecule has 0 atom stereocenters. The summed E-state index contributed by atoms with van der Waals surface area (Å²) in [6.07, 6.45) is 5.32. The summed E-state index contributed by atoms with van der Waals surface area (Å²) in [6, 6.07) is 8.98. The maximum Gasteiger partial charge on any atom is 0.254 e. The number of halogens is 3. The summed E-state index contributed by atoms with van der Waals surface area (Å²) >= 11 is 18.9. The fourth-order valence-electron chi connectivity index (χ4n) is 5.74. The minimum atomic E-state index is -0.257. The van der Waals surface area contributed by atoms with Crippen LogP contribution < -0.4 is 14.8 Å². The van der Waals surface area contributed by atoms with Crippen LogP contribution in [0, 0.1) is 0 Å². The first-order valence-electron chi connectivity index (χ1n) is 13.6. The van der Waals surface area contributed by atoms with E-state index in [4.69, 9.17) is 44.3 Å². The number of fused-ring (bicyclic) bond motifs is 1. The zero-order valence-electron chi connectivity index (χ0n) is 22.1. The van der Waals surface area contributed by atoms with Crippen LogP contribution in [0.15, 0.2) is 30.3 Å². The van der Waals surface area contributed by atoms with Crippen molar-refractivity contribution in [1.82, 2.24) is 15.1 Å². The molecule has 210 valence electrons. The molecule has 0 radical (unpaired) electrons. The minimum Gasteiger partial charge on any atom is -0.489 e. The van der Waals surface area contributed by atoms with E-state index < -0.39 is 0 Å². The molecule has 3 heterocycles. The SMILES string of the molecule is CC(=O)N1CCC(Oc2cc3c(cc2Cl)CCC2(CCN(CCNC(=O)c4c(Cl)cccc4Cl)CC2)O3)CC1. The number of hydrogen-bond donors (Lipinski definition) is 1. The lowest BCUT2D eigenvalue weighted by Crippen LogP contribution is -2.50. The van der Waals surface area contributed by atoms with Crippen molar-refractivity contribution in [3.05, 3.63) is 56.5 Å². The van der Waals surface area contributed by atoms with Crippen molar-refractivity contribution in [1.29, 1.82) is 0 Å². The van der Waals surface area contributed by atoms with Crippen molar-refractivity contribution >= 4 is 46.6 Å². The van der Waals surface area contributed by atoms with Crippen LogP contribution in [0.2, 0.25) is 15.1 Å². The molecule has 3 aliphatic rings. The second kappa shape index (κ2) is 12.1. The lowest BCUT2D eigenvalue weighted by atomic mass is 9.83. The Morgan fingerprint density at radius 3 is 2.38 bits per heavy atom. The molecule has 2 fully saturated rings. The topological polar surface area (TPSA) is 71.1 Å². The Labute approximate surface area is 244 Å². The van der Waals surface area contributed by atoms with E-state index in [0.717, 1.165) is 69.5 Å². The summed E-state index contributed by atoms with van der Waals surface area (Å²) in [5.74, 6) is 1.36. The van der Waals surface area contributed by atoms with Crippen LogP contribution in [0.5, 0.6) is 11.5 Å². The molecule has 7 nitrogen and oxygen atoms in total. The summed E-state index contributed by atoms with van der Waals surface area (Å²) in [7, 11) is 0. The van der Waals surface area contributed by atoms with E-state index >= 15 is 0 Å². The number of carbonyl (C=O) groups is 2. The number of nitrogens with one attached hydrogen (secondary N) is 1. The summed E-state index contributed by atoms with van der Waals surface area (Å²) < 4.78 is 12.9. The van der Waals surface area contributed by atoms with Gasteiger partial charge in [0, 0.05) is 65.1 Å². The molecule has 2 aromatic rings. The molecule has 2 amide bonds. The van der Waals surface area contributed by atoms with E-state index in [0.29, 0.717) is 46.0 Å². The van der Waals surface area contributed by atoms with E-state index in [1.54, 1.807) is 25.1 Å². The van der Waals surface area contributed by atoms with E-state index in [1.165, 1.54) is 0 Å². The highest BCUT2D eigenvalue weighted by atomic mass is 35.5. The third-order valence-corrected chi connectivity index (χ3v) is 9.07. The maximum atomic E-state index is 12.6. The standard InChI is InChI=1S/C29H34Cl3N3O4/c1-19(36)35-12-6-21(7-13-35)38-26-18-25-20(17-24(26)32)5-8-29(39-25)9-14-34(15-10-29)16-11-33-28(37)27-22(30)3-2-4-23(27)31/h2-4,17-18,21H,5-16H2,1H3,(H,33,37). The second-order valence-electron chi connectivity index (χ2n) is 10.7. The molecule has 1 spiro atoms. The number of likely N-dealkylation sites (tertiary alicyclic amines) is 2. The summed E-state index contributed by atoms with van der Waals surface area (Å²) in [4.78, 5) is 28.4. The molecule has 10 heteroatoms. The van der Waals surface area contributed by atoms with Crippen molar-refractivity contribution in [2.45, 2.75) is 57.2 Å². The highest BCUT2D eigenvalue weighted by Crippen LogP contribution is 2.43. The number of piperidine rings is 2. The van der Waals surface area contributed by atoms with E-state index in [1.807, 2.05) is 17.0 Å². The van der Waals surface area contributed by atoms with Gasteiger partial charge in [-0.1, -0.05) is 40.9 Å². The quantitative estimate of drug-likeness (QED) is 0.470. The van der Waals surface area contributed by atoms with Gasteiger partial charge >= 0.3 is 0 Å². The van der Waals surface area contributed by atoms with Crippen molar-refractivity contribution in [3.63, 3.8) is 0 Å². The number of aryl methyl sites for hydroxylation is 1. The third-order valence-electron chi connectivity index (χ3n) is 8.14. The van der Waals surface area contributed by atoms with Gasteiger partial charge in [-0.15, -0.1) is 0 Å². The number of amides is 2. The predicted molar refractivity (Wildman–Crippen MR) is 154 cm³/mol. The fourth-order valence-corrected chi connectivity index (χ4v) is 6.54. The number of hydrogen-bond acceptors (Lipinski definition) is 5. The van der Waals surface area contributed by atoms with Gasteiger partial charge in [0.25, 0.3) is 5.91 Å². The normalized spacial score (nSPS) is 19.3. The van der Waals surface area contributed by atoms with Crippen LogP contribution >= 0.6 is 34.8 Å². The summed E-state index contributed by atoms with van der Waals surface area (Å²) in [5.41, 5.74) is 1.24. The molecule has 1 N–H and O–H groups in total. The van der Waals surface area contributed by atoms with Gasteiger partial charge in [-0.05, 0) is 49.4 Å². The number of rotatable bonds is 6. The van der Waals surface area contributed by atoms with Crippen molar-refractivity contribution in [2.75, 3.05) is 39.3 Å². The van der Waals surface area contributed by atoms with Gasteiger partial charge in [-0.25, -0.2) is 0 Å². The number of benzene rings is 2. The molecule has 2 aromatic carbocycles. The van der Waals surface area contributed by atoms with E-state index in [9.17, 15) is 9.59 Å². The summed E-state index contributed by atoms with van der Waals surface area (Å²) in [5, 5.41) is 4.25. The maximum absolute atomic E-state index is 12.6. The highest BCUT2D eigenvalue weighted by molar-refractivity contribution is 6.39. The largest absolute Gasteiger partial charge is 0.489 e. The van der Waals surface area contributed by atoms with Gasteiger partial charge in [-0.2, -0.15) is 0 Å². The molecular formula is C29H34Cl3N3O4. The molecule has 2 saturated heterocycles. The van der Waals surface area contributed by atoms with Gasteiger partial charge in [0.15, 0.2) is 0 Å². The molecule has 39 heavy (non-hydrogen) atoms. The minimum absolute atomic E-state index is 0.0337. The van der Waals surface area contributed by atoms with Crippen LogP contribution in [0.25, 0.3) is 0 Å². The molecule has 0 aromatic heterocycles. The average molecular weight is 595 g/mol. The van der Waals surface area contributed by atoms with Gasteiger partial charge in [0.1, 0.15) is 23.2 Å². The monoisotopic (exact) mass is 593 g/mol. The molecule has 0 bridgehead atoms. The summed E-state index contributed by atoms with van der Waals surface area (Å²) in [6.45, 7) is 6.06. The molecule has 0 unspecified atom stereocenters. The van der Waals surface area contributed by atoms with Crippen molar-refractivity contribution in [3.8, 4) is 11.5 Å². The Balaban J connectivity index is 1.13. The molecular weight excluding hydrogens is 561 g/mol. The molecule has 0 aliphatic carbocycles. The Kier molecular flexibility index (Phi) is 8.82. The van der Waals surface area contributed by atoms with E-state index in [2.05, 4.69) is 10.2 Å². The Bertz CT molecular complexity index is 1200. The van der Waals surface area contributed by atoms with Crippen LogP contribution in [-0.2, 0) is 11.2 Å². The smallest absolute Gasteiger partial charge is 0.254 e. The number of carbonyl (C=O) groups excluding carboxylic acids is 2. The van der Waals surface area contributed by atoms with Crippen molar-refractivity contribution < 1.29 is 19.1 Å². The van der Waals surface area contributed by atoms with Crippen LogP contribution in [0.1, 0.15) is 54.9 Å². The first kappa shape index (κ1) is 28.3. The van der Waals surface area contributed by atoms with Gasteiger partial charge in [0.05, 0.1) is 20.6 Å². The predicted octanol–water partition coefficient (Wildman–Crippen LogP) is 5.63. The fraction of sp³-hybridized carbons (Fsp3) is 0.517. The van der Waals surface area contributed by atoms with Crippen LogP contribution in [0.3, 0.4) is 0 Å². The Hall–Kier alpha value is -2.19. The number of ether oxygens (including phenoxy) is 2. The molecule has 0 saturated carbocycles. The first-order chi connectivity index (χ1) is 18.7. The van der Waals surface area contributed by atoms with Crippen LogP contribution in [-0.4, -0.2) is 72.6 Å².